The molecule has 0 fully saturated rings. The number of nitrogens with one attached hydrogen (secondary N) is 1. The maximum absolute atomic E-state index is 13.3. The first-order chi connectivity index (χ1) is 14.5. The Morgan fingerprint density at radius 3 is 2.40 bits per heavy atom. The molecule has 0 bridgehead atoms. The standard InChI is InChI=1S/C24H31FN2O2S/c1-3-5-16-26-24(29)22(4-2)27(18-19-11-13-20(25)14-12-19)23(28)15-17-30-21-9-7-6-8-10-21/h6-14,22H,3-5,15-18H2,1-2H3,(H,26,29)/t22-/m0/s1. The summed E-state index contributed by atoms with van der Waals surface area (Å²) in [6.07, 6.45) is 2.75. The maximum atomic E-state index is 13.3. The lowest BCUT2D eigenvalue weighted by Crippen LogP contribution is -2.49. The van der Waals surface area contributed by atoms with Crippen LogP contribution in [0.2, 0.25) is 0 Å². The molecular weight excluding hydrogens is 399 g/mol. The summed E-state index contributed by atoms with van der Waals surface area (Å²) in [6, 6.07) is 15.5. The van der Waals surface area contributed by atoms with Gasteiger partial charge in [-0.15, -0.1) is 11.8 Å². The van der Waals surface area contributed by atoms with Crippen molar-refractivity contribution in [2.75, 3.05) is 12.3 Å². The minimum Gasteiger partial charge on any atom is -0.354 e. The molecule has 2 rings (SSSR count). The van der Waals surface area contributed by atoms with Crippen LogP contribution in [0.15, 0.2) is 59.5 Å². The molecular formula is C24H31FN2O2S. The average Bonchev–Trinajstić information content (AvgIpc) is 2.76. The van der Waals surface area contributed by atoms with Crippen molar-refractivity contribution in [1.29, 1.82) is 0 Å². The van der Waals surface area contributed by atoms with E-state index in [1.807, 2.05) is 37.3 Å². The first-order valence-electron chi connectivity index (χ1n) is 10.5. The van der Waals surface area contributed by atoms with Gasteiger partial charge in [-0.25, -0.2) is 4.39 Å². The summed E-state index contributed by atoms with van der Waals surface area (Å²) in [7, 11) is 0. The fourth-order valence-electron chi connectivity index (χ4n) is 3.13. The molecule has 2 aromatic rings. The smallest absolute Gasteiger partial charge is 0.242 e. The predicted molar refractivity (Wildman–Crippen MR) is 121 cm³/mol. The minimum absolute atomic E-state index is 0.0692. The van der Waals surface area contributed by atoms with Crippen LogP contribution in [0.5, 0.6) is 0 Å². The number of thioether (sulfide) groups is 1. The van der Waals surface area contributed by atoms with Gasteiger partial charge in [0.25, 0.3) is 0 Å². The number of rotatable bonds is 12. The molecule has 0 spiro atoms. The Morgan fingerprint density at radius 1 is 1.07 bits per heavy atom. The second-order valence-electron chi connectivity index (χ2n) is 7.13. The molecule has 6 heteroatoms. The number of benzene rings is 2. The van der Waals surface area contributed by atoms with E-state index in [0.29, 0.717) is 25.1 Å². The molecule has 0 radical (unpaired) electrons. The second kappa shape index (κ2) is 13.1. The van der Waals surface area contributed by atoms with Gasteiger partial charge in [-0.3, -0.25) is 9.59 Å². The van der Waals surface area contributed by atoms with Gasteiger partial charge in [-0.05, 0) is 42.7 Å². The van der Waals surface area contributed by atoms with Gasteiger partial charge in [-0.1, -0.05) is 50.6 Å². The van der Waals surface area contributed by atoms with Gasteiger partial charge >= 0.3 is 0 Å². The van der Waals surface area contributed by atoms with E-state index in [9.17, 15) is 14.0 Å². The Labute approximate surface area is 183 Å². The number of amides is 2. The fraction of sp³-hybridized carbons (Fsp3) is 0.417. The normalized spacial score (nSPS) is 11.7. The van der Waals surface area contributed by atoms with Gasteiger partial charge in [0.1, 0.15) is 11.9 Å². The number of hydrogen-bond donors (Lipinski definition) is 1. The maximum Gasteiger partial charge on any atom is 0.242 e. The SMILES string of the molecule is CCCCNC(=O)[C@H](CC)N(Cc1ccc(F)cc1)C(=O)CCSc1ccccc1. The predicted octanol–water partition coefficient (Wildman–Crippen LogP) is 5.03. The molecule has 1 N–H and O–H groups in total. The van der Waals surface area contributed by atoms with Crippen molar-refractivity contribution in [2.24, 2.45) is 0 Å². The molecule has 2 aromatic carbocycles. The van der Waals surface area contributed by atoms with E-state index < -0.39 is 6.04 Å². The molecule has 0 heterocycles. The molecule has 0 unspecified atom stereocenters. The highest BCUT2D eigenvalue weighted by molar-refractivity contribution is 7.99. The summed E-state index contributed by atoms with van der Waals surface area (Å²) in [5.74, 6) is 0.119. The number of halogens is 1. The van der Waals surface area contributed by atoms with Gasteiger partial charge in [0, 0.05) is 30.2 Å². The Hall–Kier alpha value is -2.34. The van der Waals surface area contributed by atoms with Crippen LogP contribution in [0.3, 0.4) is 0 Å². The highest BCUT2D eigenvalue weighted by Crippen LogP contribution is 2.20. The first kappa shape index (κ1) is 23.9. The Bertz CT molecular complexity index is 784. The summed E-state index contributed by atoms with van der Waals surface area (Å²) < 4.78 is 13.3. The van der Waals surface area contributed by atoms with Crippen LogP contribution in [-0.2, 0) is 16.1 Å². The molecule has 0 aliphatic rings. The van der Waals surface area contributed by atoms with Crippen LogP contribution >= 0.6 is 11.8 Å². The Kier molecular flexibility index (Phi) is 10.4. The van der Waals surface area contributed by atoms with Crippen molar-refractivity contribution in [3.8, 4) is 0 Å². The molecule has 0 aliphatic heterocycles. The number of hydrogen-bond acceptors (Lipinski definition) is 3. The molecule has 0 aromatic heterocycles. The van der Waals surface area contributed by atoms with E-state index in [-0.39, 0.29) is 24.2 Å². The van der Waals surface area contributed by atoms with Crippen molar-refractivity contribution < 1.29 is 14.0 Å². The molecule has 0 aliphatic carbocycles. The minimum atomic E-state index is -0.541. The average molecular weight is 431 g/mol. The fourth-order valence-corrected chi connectivity index (χ4v) is 3.99. The zero-order valence-electron chi connectivity index (χ0n) is 17.8. The Morgan fingerprint density at radius 2 is 1.77 bits per heavy atom. The van der Waals surface area contributed by atoms with Crippen molar-refractivity contribution in [3.63, 3.8) is 0 Å². The molecule has 0 saturated heterocycles. The summed E-state index contributed by atoms with van der Waals surface area (Å²) in [4.78, 5) is 28.6. The van der Waals surface area contributed by atoms with Gasteiger partial charge in [0.2, 0.25) is 11.8 Å². The molecule has 2 amide bonds. The number of carbonyl (C=O) groups excluding carboxylic acids is 2. The van der Waals surface area contributed by atoms with E-state index in [0.717, 1.165) is 23.3 Å². The van der Waals surface area contributed by atoms with E-state index in [2.05, 4.69) is 12.2 Å². The molecule has 0 saturated carbocycles. The van der Waals surface area contributed by atoms with Crippen LogP contribution in [0.1, 0.15) is 45.1 Å². The first-order valence-corrected chi connectivity index (χ1v) is 11.5. The molecule has 30 heavy (non-hydrogen) atoms. The van der Waals surface area contributed by atoms with Crippen molar-refractivity contribution in [1.82, 2.24) is 10.2 Å². The van der Waals surface area contributed by atoms with Crippen LogP contribution in [0.4, 0.5) is 4.39 Å². The lowest BCUT2D eigenvalue weighted by Gasteiger charge is -2.30. The summed E-state index contributed by atoms with van der Waals surface area (Å²) in [6.45, 7) is 4.87. The molecule has 1 atom stereocenters. The zero-order valence-corrected chi connectivity index (χ0v) is 18.6. The lowest BCUT2D eigenvalue weighted by atomic mass is 10.1. The van der Waals surface area contributed by atoms with Gasteiger partial charge in [-0.2, -0.15) is 0 Å². The number of nitrogens with zero attached hydrogens (tertiary/aromatic N) is 1. The topological polar surface area (TPSA) is 49.4 Å². The largest absolute Gasteiger partial charge is 0.354 e. The lowest BCUT2D eigenvalue weighted by molar-refractivity contribution is -0.141. The Balaban J connectivity index is 2.08. The summed E-state index contributed by atoms with van der Waals surface area (Å²) in [5, 5.41) is 2.95. The van der Waals surface area contributed by atoms with Gasteiger partial charge < -0.3 is 10.2 Å². The van der Waals surface area contributed by atoms with E-state index in [1.54, 1.807) is 28.8 Å². The van der Waals surface area contributed by atoms with Crippen LogP contribution < -0.4 is 5.32 Å². The zero-order chi connectivity index (χ0) is 21.8. The summed E-state index contributed by atoms with van der Waals surface area (Å²) in [5.41, 5.74) is 0.806. The quantitative estimate of drug-likeness (QED) is 0.379. The van der Waals surface area contributed by atoms with E-state index in [1.165, 1.54) is 12.1 Å². The van der Waals surface area contributed by atoms with E-state index in [4.69, 9.17) is 0 Å². The summed E-state index contributed by atoms with van der Waals surface area (Å²) >= 11 is 1.62. The van der Waals surface area contributed by atoms with Crippen molar-refractivity contribution in [3.05, 3.63) is 66.0 Å². The third kappa shape index (κ3) is 7.82. The van der Waals surface area contributed by atoms with Crippen LogP contribution in [0, 0.1) is 5.82 Å². The van der Waals surface area contributed by atoms with Gasteiger partial charge in [0.15, 0.2) is 0 Å². The van der Waals surface area contributed by atoms with Gasteiger partial charge in [0.05, 0.1) is 0 Å². The third-order valence-corrected chi connectivity index (χ3v) is 5.82. The van der Waals surface area contributed by atoms with Crippen molar-refractivity contribution >= 4 is 23.6 Å². The van der Waals surface area contributed by atoms with Crippen LogP contribution in [-0.4, -0.2) is 35.1 Å². The third-order valence-electron chi connectivity index (χ3n) is 4.81. The second-order valence-corrected chi connectivity index (χ2v) is 8.30. The molecule has 162 valence electrons. The monoisotopic (exact) mass is 430 g/mol. The van der Waals surface area contributed by atoms with Crippen molar-refractivity contribution in [2.45, 2.75) is 57.0 Å². The van der Waals surface area contributed by atoms with Crippen LogP contribution in [0.25, 0.3) is 0 Å². The number of unbranched alkanes of at least 4 members (excludes halogenated alkanes) is 1. The number of carbonyl (C=O) groups is 2. The van der Waals surface area contributed by atoms with E-state index >= 15 is 0 Å². The molecule has 4 nitrogen and oxygen atoms in total. The highest BCUT2D eigenvalue weighted by atomic mass is 32.2. The highest BCUT2D eigenvalue weighted by Gasteiger charge is 2.28.